The minimum absolute atomic E-state index is 0.00228. The molecule has 1 aromatic heterocycles. The third-order valence-electron chi connectivity index (χ3n) is 4.61. The average Bonchev–Trinajstić information content (AvgIpc) is 3.27. The van der Waals surface area contributed by atoms with E-state index in [1.807, 2.05) is 10.8 Å². The van der Waals surface area contributed by atoms with E-state index in [4.69, 9.17) is 5.73 Å². The number of nitrogens with two attached hydrogens (primary N) is 1. The average molecular weight is 290 g/mol. The second-order valence-electron chi connectivity index (χ2n) is 6.45. The quantitative estimate of drug-likeness (QED) is 0.872. The lowest BCUT2D eigenvalue weighted by Gasteiger charge is -2.32. The number of carbonyl (C=O) groups is 1. The Bertz CT molecular complexity index is 500. The van der Waals surface area contributed by atoms with Gasteiger partial charge in [-0.2, -0.15) is 0 Å². The Morgan fingerprint density at radius 3 is 2.76 bits per heavy atom. The Hall–Kier alpha value is -1.49. The van der Waals surface area contributed by atoms with Crippen molar-refractivity contribution >= 4 is 11.6 Å². The molecule has 116 valence electrons. The molecule has 1 saturated carbocycles. The van der Waals surface area contributed by atoms with Crippen LogP contribution in [0.3, 0.4) is 0 Å². The Balaban J connectivity index is 1.56. The zero-order valence-electron chi connectivity index (χ0n) is 12.8. The summed E-state index contributed by atoms with van der Waals surface area (Å²) in [5.41, 5.74) is 7.23. The van der Waals surface area contributed by atoms with Gasteiger partial charge in [-0.15, -0.1) is 0 Å². The number of hydrogen-bond donors (Lipinski definition) is 2. The molecule has 3 N–H and O–H groups in total. The monoisotopic (exact) mass is 290 g/mol. The van der Waals surface area contributed by atoms with E-state index in [0.717, 1.165) is 25.9 Å². The number of nitrogens with one attached hydrogen (secondary N) is 1. The van der Waals surface area contributed by atoms with Crippen LogP contribution in [-0.2, 0) is 0 Å². The third-order valence-corrected chi connectivity index (χ3v) is 4.61. The van der Waals surface area contributed by atoms with Gasteiger partial charge in [0.2, 0.25) is 0 Å². The summed E-state index contributed by atoms with van der Waals surface area (Å²) < 4.78 is 2.04. The summed E-state index contributed by atoms with van der Waals surface area (Å²) in [6, 6.07) is 2.66. The molecule has 0 radical (unpaired) electrons. The molecule has 2 aliphatic rings. The number of rotatable bonds is 5. The van der Waals surface area contributed by atoms with Gasteiger partial charge in [0.25, 0.3) is 5.91 Å². The minimum atomic E-state index is 0.00228. The number of amides is 1. The Kier molecular flexibility index (Phi) is 4.19. The van der Waals surface area contributed by atoms with E-state index in [2.05, 4.69) is 17.1 Å². The fourth-order valence-electron chi connectivity index (χ4n) is 3.16. The maximum Gasteiger partial charge on any atom is 0.268 e. The van der Waals surface area contributed by atoms with E-state index in [-0.39, 0.29) is 5.91 Å². The molecule has 1 aromatic rings. The molecule has 5 heteroatoms. The summed E-state index contributed by atoms with van der Waals surface area (Å²) in [4.78, 5) is 14.9. The van der Waals surface area contributed by atoms with E-state index < -0.39 is 0 Å². The Morgan fingerprint density at radius 2 is 2.10 bits per heavy atom. The number of nitrogens with zero attached hydrogens (tertiary/aromatic N) is 2. The molecular weight excluding hydrogens is 264 g/mol. The summed E-state index contributed by atoms with van der Waals surface area (Å²) >= 11 is 0. The minimum Gasteiger partial charge on any atom is -0.397 e. The summed E-state index contributed by atoms with van der Waals surface area (Å²) in [5, 5.41) is 3.08. The predicted molar refractivity (Wildman–Crippen MR) is 84.3 cm³/mol. The van der Waals surface area contributed by atoms with Gasteiger partial charge < -0.3 is 15.6 Å². The molecule has 1 saturated heterocycles. The first-order chi connectivity index (χ1) is 10.1. The highest BCUT2D eigenvalue weighted by Crippen LogP contribution is 2.37. The molecule has 0 bridgehead atoms. The second-order valence-corrected chi connectivity index (χ2v) is 6.45. The maximum atomic E-state index is 12.4. The van der Waals surface area contributed by atoms with Gasteiger partial charge in [-0.05, 0) is 51.8 Å². The fraction of sp³-hybridized carbons (Fsp3) is 0.688. The Labute approximate surface area is 126 Å². The van der Waals surface area contributed by atoms with Gasteiger partial charge in [-0.3, -0.25) is 9.69 Å². The number of likely N-dealkylation sites (tertiary alicyclic amines) is 1. The van der Waals surface area contributed by atoms with Crippen LogP contribution in [0, 0.1) is 0 Å². The van der Waals surface area contributed by atoms with Crippen molar-refractivity contribution in [1.29, 1.82) is 0 Å². The molecule has 0 spiro atoms. The van der Waals surface area contributed by atoms with Gasteiger partial charge in [-0.1, -0.05) is 6.42 Å². The molecule has 21 heavy (non-hydrogen) atoms. The van der Waals surface area contributed by atoms with E-state index in [0.29, 0.717) is 30.0 Å². The van der Waals surface area contributed by atoms with Gasteiger partial charge in [0.1, 0.15) is 5.69 Å². The van der Waals surface area contributed by atoms with Gasteiger partial charge in [0.15, 0.2) is 0 Å². The number of hydrogen-bond acceptors (Lipinski definition) is 3. The van der Waals surface area contributed by atoms with Crippen LogP contribution in [0.15, 0.2) is 12.3 Å². The van der Waals surface area contributed by atoms with Crippen molar-refractivity contribution in [3.05, 3.63) is 18.0 Å². The first-order valence-electron chi connectivity index (χ1n) is 8.15. The van der Waals surface area contributed by atoms with Gasteiger partial charge in [-0.25, -0.2) is 0 Å². The predicted octanol–water partition coefficient (Wildman–Crippen LogP) is 2.01. The standard InChI is InChI=1S/C16H26N4O/c1-12(19-7-3-2-4-8-19)10-18-16(21)15-9-13(17)11-20(15)14-5-6-14/h9,11-12,14H,2-8,10,17H2,1H3,(H,18,21). The van der Waals surface area contributed by atoms with Crippen LogP contribution in [0.25, 0.3) is 0 Å². The summed E-state index contributed by atoms with van der Waals surface area (Å²) in [7, 11) is 0. The zero-order chi connectivity index (χ0) is 14.8. The molecule has 3 rings (SSSR count). The highest BCUT2D eigenvalue weighted by Gasteiger charge is 2.28. The molecule has 1 aliphatic heterocycles. The first-order valence-corrected chi connectivity index (χ1v) is 8.15. The van der Waals surface area contributed by atoms with Crippen LogP contribution in [-0.4, -0.2) is 41.1 Å². The van der Waals surface area contributed by atoms with Crippen LogP contribution in [0.1, 0.15) is 55.6 Å². The molecule has 1 amide bonds. The number of carbonyl (C=O) groups excluding carboxylic acids is 1. The van der Waals surface area contributed by atoms with Gasteiger partial charge in [0.05, 0.1) is 5.69 Å². The van der Waals surface area contributed by atoms with E-state index >= 15 is 0 Å². The molecular formula is C16H26N4O. The largest absolute Gasteiger partial charge is 0.397 e. The van der Waals surface area contributed by atoms with Gasteiger partial charge in [0, 0.05) is 24.8 Å². The highest BCUT2D eigenvalue weighted by atomic mass is 16.1. The lowest BCUT2D eigenvalue weighted by molar-refractivity contribution is 0.0920. The van der Waals surface area contributed by atoms with E-state index in [1.54, 1.807) is 6.07 Å². The number of piperidine rings is 1. The van der Waals surface area contributed by atoms with Crippen LogP contribution in [0.5, 0.6) is 0 Å². The molecule has 0 aromatic carbocycles. The van der Waals surface area contributed by atoms with Crippen molar-refractivity contribution < 1.29 is 4.79 Å². The van der Waals surface area contributed by atoms with Crippen molar-refractivity contribution in [3.63, 3.8) is 0 Å². The Morgan fingerprint density at radius 1 is 1.38 bits per heavy atom. The summed E-state index contributed by atoms with van der Waals surface area (Å²) in [6.45, 7) is 5.21. The number of nitrogen functional groups attached to an aromatic ring is 1. The number of anilines is 1. The third kappa shape index (κ3) is 3.40. The van der Waals surface area contributed by atoms with Crippen molar-refractivity contribution in [1.82, 2.24) is 14.8 Å². The lowest BCUT2D eigenvalue weighted by Crippen LogP contribution is -2.44. The van der Waals surface area contributed by atoms with Crippen molar-refractivity contribution in [2.75, 3.05) is 25.4 Å². The van der Waals surface area contributed by atoms with Crippen molar-refractivity contribution in [3.8, 4) is 0 Å². The first kappa shape index (κ1) is 14.4. The molecule has 1 atom stereocenters. The van der Waals surface area contributed by atoms with E-state index in [9.17, 15) is 4.79 Å². The molecule has 2 fully saturated rings. The summed E-state index contributed by atoms with van der Waals surface area (Å²) in [5.74, 6) is 0.00228. The van der Waals surface area contributed by atoms with Gasteiger partial charge >= 0.3 is 0 Å². The van der Waals surface area contributed by atoms with Crippen LogP contribution in [0.4, 0.5) is 5.69 Å². The fourth-order valence-corrected chi connectivity index (χ4v) is 3.16. The lowest BCUT2D eigenvalue weighted by atomic mass is 10.1. The smallest absolute Gasteiger partial charge is 0.268 e. The van der Waals surface area contributed by atoms with Crippen LogP contribution >= 0.6 is 0 Å². The normalized spacial score (nSPS) is 21.2. The topological polar surface area (TPSA) is 63.3 Å². The highest BCUT2D eigenvalue weighted by molar-refractivity contribution is 5.93. The van der Waals surface area contributed by atoms with Crippen molar-refractivity contribution in [2.24, 2.45) is 0 Å². The molecule has 1 aliphatic carbocycles. The second kappa shape index (κ2) is 6.10. The van der Waals surface area contributed by atoms with Crippen molar-refractivity contribution in [2.45, 2.75) is 51.1 Å². The zero-order valence-corrected chi connectivity index (χ0v) is 12.8. The van der Waals surface area contributed by atoms with E-state index in [1.165, 1.54) is 19.3 Å². The molecule has 2 heterocycles. The maximum absolute atomic E-state index is 12.4. The van der Waals surface area contributed by atoms with Crippen LogP contribution in [0.2, 0.25) is 0 Å². The molecule has 1 unspecified atom stereocenters. The number of aromatic nitrogens is 1. The molecule has 5 nitrogen and oxygen atoms in total. The summed E-state index contributed by atoms with van der Waals surface area (Å²) in [6.07, 6.45) is 8.08. The van der Waals surface area contributed by atoms with Crippen LogP contribution < -0.4 is 11.1 Å². The SMILES string of the molecule is CC(CNC(=O)c1cc(N)cn1C1CC1)N1CCCCC1.